The van der Waals surface area contributed by atoms with Gasteiger partial charge < -0.3 is 19.5 Å². The number of methoxy groups -OCH3 is 1. The molecule has 1 amide bonds. The molecule has 2 rings (SSSR count). The number of nitrogens with zero attached hydrogens (tertiary/aromatic N) is 1. The number of hydrogen-bond donors (Lipinski definition) is 1. The molecule has 31 heavy (non-hydrogen) atoms. The van der Waals surface area contributed by atoms with Gasteiger partial charge in [-0.05, 0) is 48.7 Å². The van der Waals surface area contributed by atoms with Crippen molar-refractivity contribution in [2.45, 2.75) is 26.7 Å². The molecule has 0 aliphatic rings. The highest BCUT2D eigenvalue weighted by molar-refractivity contribution is 6.01. The van der Waals surface area contributed by atoms with Crippen molar-refractivity contribution < 1.29 is 23.8 Å². The first kappa shape index (κ1) is 23.5. The first-order valence-corrected chi connectivity index (χ1v) is 9.95. The molecule has 7 nitrogen and oxygen atoms in total. The molecule has 0 aromatic heterocycles. The maximum Gasteiger partial charge on any atom is 0.349 e. The number of carbonyl (C=O) groups excluding carboxylic acids is 2. The minimum atomic E-state index is -0.585. The van der Waals surface area contributed by atoms with Crippen molar-refractivity contribution in [1.29, 1.82) is 5.26 Å². The van der Waals surface area contributed by atoms with Crippen LogP contribution in [-0.2, 0) is 9.59 Å². The number of amides is 1. The number of aryl methyl sites for hydroxylation is 1. The van der Waals surface area contributed by atoms with Gasteiger partial charge in [-0.3, -0.25) is 4.79 Å². The molecule has 0 aliphatic carbocycles. The van der Waals surface area contributed by atoms with E-state index in [2.05, 4.69) is 5.32 Å². The number of nitriles is 1. The summed E-state index contributed by atoms with van der Waals surface area (Å²) in [6.07, 6.45) is 3.24. The van der Waals surface area contributed by atoms with Gasteiger partial charge in [0.05, 0.1) is 7.11 Å². The van der Waals surface area contributed by atoms with Gasteiger partial charge in [0, 0.05) is 6.54 Å². The van der Waals surface area contributed by atoms with Crippen LogP contribution in [0.5, 0.6) is 17.2 Å². The molecule has 0 saturated heterocycles. The van der Waals surface area contributed by atoms with Crippen LogP contribution in [0, 0.1) is 18.3 Å². The lowest BCUT2D eigenvalue weighted by molar-refractivity contribution is -0.136. The van der Waals surface area contributed by atoms with Crippen molar-refractivity contribution >= 4 is 18.0 Å². The van der Waals surface area contributed by atoms with Crippen LogP contribution in [0.25, 0.3) is 6.08 Å². The lowest BCUT2D eigenvalue weighted by Crippen LogP contribution is -2.25. The van der Waals surface area contributed by atoms with Gasteiger partial charge in [-0.25, -0.2) is 4.79 Å². The molecule has 1 N–H and O–H groups in total. The zero-order valence-corrected chi connectivity index (χ0v) is 17.9. The minimum Gasteiger partial charge on any atom is -0.493 e. The van der Waals surface area contributed by atoms with E-state index in [1.165, 1.54) is 13.2 Å². The summed E-state index contributed by atoms with van der Waals surface area (Å²) in [5.74, 6) is 0.0930. The summed E-state index contributed by atoms with van der Waals surface area (Å²) in [4.78, 5) is 24.3. The van der Waals surface area contributed by atoms with E-state index in [0.29, 0.717) is 23.6 Å². The Morgan fingerprint density at radius 3 is 2.58 bits per heavy atom. The maximum atomic E-state index is 12.2. The summed E-state index contributed by atoms with van der Waals surface area (Å²) < 4.78 is 16.1. The molecule has 0 spiro atoms. The summed E-state index contributed by atoms with van der Waals surface area (Å²) in [5.41, 5.74) is 1.46. The van der Waals surface area contributed by atoms with E-state index in [0.717, 1.165) is 18.4 Å². The fraction of sp³-hybridized carbons (Fsp3) is 0.292. The molecule has 0 heterocycles. The number of nitrogens with one attached hydrogen (secondary N) is 1. The number of ether oxygens (including phenoxy) is 3. The monoisotopic (exact) mass is 422 g/mol. The second kappa shape index (κ2) is 12.0. The third kappa shape index (κ3) is 7.19. The first-order valence-electron chi connectivity index (χ1n) is 9.95. The number of benzene rings is 2. The zero-order valence-electron chi connectivity index (χ0n) is 17.9. The zero-order chi connectivity index (χ0) is 22.6. The van der Waals surface area contributed by atoms with Crippen molar-refractivity contribution in [3.8, 4) is 23.3 Å². The Hall–Kier alpha value is -3.79. The van der Waals surface area contributed by atoms with Crippen LogP contribution in [0.2, 0.25) is 0 Å². The highest BCUT2D eigenvalue weighted by atomic mass is 16.6. The average Bonchev–Trinajstić information content (AvgIpc) is 2.77. The topological polar surface area (TPSA) is 97.7 Å². The van der Waals surface area contributed by atoms with Crippen molar-refractivity contribution in [2.75, 3.05) is 20.3 Å². The van der Waals surface area contributed by atoms with Gasteiger partial charge >= 0.3 is 5.97 Å². The van der Waals surface area contributed by atoms with Crippen LogP contribution in [0.1, 0.15) is 30.9 Å². The molecule has 7 heteroatoms. The second-order valence-electron chi connectivity index (χ2n) is 6.72. The lowest BCUT2D eigenvalue weighted by Gasteiger charge is -2.11. The Balaban J connectivity index is 2.06. The summed E-state index contributed by atoms with van der Waals surface area (Å²) in [6.45, 7) is 4.15. The lowest BCUT2D eigenvalue weighted by atomic mass is 10.1. The third-order valence-corrected chi connectivity index (χ3v) is 4.34. The number of rotatable bonds is 10. The Kier molecular flexibility index (Phi) is 9.12. The van der Waals surface area contributed by atoms with Crippen LogP contribution in [0.4, 0.5) is 0 Å². The minimum absolute atomic E-state index is 0.0190. The molecule has 0 unspecified atom stereocenters. The molecule has 0 bridgehead atoms. The van der Waals surface area contributed by atoms with Crippen LogP contribution >= 0.6 is 0 Å². The first-order chi connectivity index (χ1) is 15.0. The van der Waals surface area contributed by atoms with E-state index in [-0.39, 0.29) is 17.9 Å². The van der Waals surface area contributed by atoms with Gasteiger partial charge in [0.25, 0.3) is 5.91 Å². The molecular weight excluding hydrogens is 396 g/mol. The Bertz CT molecular complexity index is 992. The molecule has 0 saturated carbocycles. The van der Waals surface area contributed by atoms with E-state index in [1.54, 1.807) is 24.3 Å². The van der Waals surface area contributed by atoms with Gasteiger partial charge in [0.2, 0.25) is 0 Å². The van der Waals surface area contributed by atoms with E-state index < -0.39 is 11.9 Å². The predicted molar refractivity (Wildman–Crippen MR) is 117 cm³/mol. The average molecular weight is 422 g/mol. The van der Waals surface area contributed by atoms with E-state index in [4.69, 9.17) is 14.2 Å². The maximum absolute atomic E-state index is 12.2. The number of carbonyl (C=O) groups is 2. The summed E-state index contributed by atoms with van der Waals surface area (Å²) in [7, 11) is 1.44. The van der Waals surface area contributed by atoms with Crippen LogP contribution < -0.4 is 19.5 Å². The molecule has 162 valence electrons. The normalized spacial score (nSPS) is 10.7. The highest BCUT2D eigenvalue weighted by Gasteiger charge is 2.13. The van der Waals surface area contributed by atoms with Crippen LogP contribution in [0.15, 0.2) is 48.0 Å². The molecule has 0 atom stereocenters. The number of hydrogen-bond acceptors (Lipinski definition) is 6. The molecule has 2 aromatic rings. The van der Waals surface area contributed by atoms with E-state index in [1.807, 2.05) is 38.1 Å². The van der Waals surface area contributed by atoms with Crippen LogP contribution in [-0.4, -0.2) is 32.1 Å². The number of para-hydroxylation sites is 1. The number of unbranched alkanes of at least 4 members (excludes halogenated alkanes) is 1. The molecule has 2 aromatic carbocycles. The molecule has 0 aliphatic heterocycles. The Morgan fingerprint density at radius 2 is 1.90 bits per heavy atom. The largest absolute Gasteiger partial charge is 0.493 e. The van der Waals surface area contributed by atoms with Gasteiger partial charge in [0.15, 0.2) is 18.1 Å². The molecule has 0 radical (unpaired) electrons. The molecular formula is C24H26N2O5. The molecule has 0 fully saturated rings. The van der Waals surface area contributed by atoms with Crippen molar-refractivity contribution in [3.63, 3.8) is 0 Å². The van der Waals surface area contributed by atoms with Crippen molar-refractivity contribution in [3.05, 3.63) is 59.2 Å². The fourth-order valence-electron chi connectivity index (χ4n) is 2.65. The SMILES string of the molecule is CCCCNC(=O)/C(C#N)=C/c1ccc(OC(=O)COc2ccccc2C)c(OC)c1. The quantitative estimate of drug-likeness (QED) is 0.206. The summed E-state index contributed by atoms with van der Waals surface area (Å²) in [5, 5.41) is 12.0. The van der Waals surface area contributed by atoms with E-state index >= 15 is 0 Å². The number of esters is 1. The smallest absolute Gasteiger partial charge is 0.349 e. The second-order valence-corrected chi connectivity index (χ2v) is 6.72. The van der Waals surface area contributed by atoms with Crippen LogP contribution in [0.3, 0.4) is 0 Å². The summed E-state index contributed by atoms with van der Waals surface area (Å²) in [6, 6.07) is 14.0. The Labute approximate surface area is 182 Å². The highest BCUT2D eigenvalue weighted by Crippen LogP contribution is 2.29. The van der Waals surface area contributed by atoms with Gasteiger partial charge in [0.1, 0.15) is 17.4 Å². The predicted octanol–water partition coefficient (Wildman–Crippen LogP) is 3.81. The fourth-order valence-corrected chi connectivity index (χ4v) is 2.65. The Morgan fingerprint density at radius 1 is 1.13 bits per heavy atom. The van der Waals surface area contributed by atoms with E-state index in [9.17, 15) is 14.9 Å². The van der Waals surface area contributed by atoms with Gasteiger partial charge in [-0.1, -0.05) is 37.6 Å². The van der Waals surface area contributed by atoms with Gasteiger partial charge in [-0.2, -0.15) is 5.26 Å². The van der Waals surface area contributed by atoms with Crippen molar-refractivity contribution in [2.24, 2.45) is 0 Å². The standard InChI is InChI=1S/C24H26N2O5/c1-4-5-12-26-24(28)19(15-25)13-18-10-11-21(22(14-18)29-3)31-23(27)16-30-20-9-7-6-8-17(20)2/h6-11,13-14H,4-5,12,16H2,1-3H3,(H,26,28)/b19-13+. The van der Waals surface area contributed by atoms with Crippen molar-refractivity contribution in [1.82, 2.24) is 5.32 Å². The summed E-state index contributed by atoms with van der Waals surface area (Å²) >= 11 is 0. The van der Waals surface area contributed by atoms with Gasteiger partial charge in [-0.15, -0.1) is 0 Å². The third-order valence-electron chi connectivity index (χ3n) is 4.34.